The molecule has 0 fully saturated rings. The summed E-state index contributed by atoms with van der Waals surface area (Å²) in [5.74, 6) is 1.67. The molecular formula is C17H27ClO4Si2. The minimum atomic E-state index is -1.82. The van der Waals surface area contributed by atoms with E-state index >= 15 is 0 Å². The molecule has 0 bridgehead atoms. The first-order valence-corrected chi connectivity index (χ1v) is 14.9. The van der Waals surface area contributed by atoms with Crippen LogP contribution in [0.25, 0.3) is 0 Å². The third kappa shape index (κ3) is 9.05. The maximum Gasteiger partial charge on any atom is 0.268 e. The number of methoxy groups -OCH3 is 1. The van der Waals surface area contributed by atoms with Gasteiger partial charge in [-0.1, -0.05) is 11.6 Å². The summed E-state index contributed by atoms with van der Waals surface area (Å²) >= 11 is 5.88. The number of rotatable bonds is 8. The quantitative estimate of drug-likeness (QED) is 0.323. The van der Waals surface area contributed by atoms with E-state index in [0.717, 1.165) is 0 Å². The van der Waals surface area contributed by atoms with E-state index in [1.165, 1.54) is 0 Å². The van der Waals surface area contributed by atoms with Gasteiger partial charge in [0.05, 0.1) is 13.2 Å². The lowest BCUT2D eigenvalue weighted by atomic mass is 10.3. The van der Waals surface area contributed by atoms with E-state index in [0.29, 0.717) is 22.5 Å². The lowest BCUT2D eigenvalue weighted by Crippen LogP contribution is -2.27. The highest BCUT2D eigenvalue weighted by molar-refractivity contribution is 6.70. The largest absolute Gasteiger partial charge is 0.542 e. The molecule has 0 heterocycles. The molecule has 0 saturated heterocycles. The summed E-state index contributed by atoms with van der Waals surface area (Å²) in [6, 6.07) is 7.14. The molecule has 4 nitrogen and oxygen atoms in total. The zero-order valence-corrected chi connectivity index (χ0v) is 18.2. The molecule has 1 aromatic carbocycles. The average Bonchev–Trinajstić information content (AvgIpc) is 2.42. The monoisotopic (exact) mass is 386 g/mol. The Labute approximate surface area is 152 Å². The molecular weight excluding hydrogens is 360 g/mol. The molecule has 0 saturated carbocycles. The maximum absolute atomic E-state index is 6.06. The van der Waals surface area contributed by atoms with Crippen molar-refractivity contribution < 1.29 is 18.3 Å². The first kappa shape index (κ1) is 20.7. The van der Waals surface area contributed by atoms with Crippen LogP contribution in [-0.2, 0) is 13.6 Å². The van der Waals surface area contributed by atoms with Gasteiger partial charge in [-0.05, 0) is 63.5 Å². The molecule has 24 heavy (non-hydrogen) atoms. The first-order chi connectivity index (χ1) is 11.0. The van der Waals surface area contributed by atoms with Gasteiger partial charge in [0.1, 0.15) is 17.8 Å². The van der Waals surface area contributed by atoms with E-state index in [4.69, 9.17) is 29.9 Å². The van der Waals surface area contributed by atoms with E-state index in [-0.39, 0.29) is 0 Å². The highest BCUT2D eigenvalue weighted by Gasteiger charge is 2.21. The van der Waals surface area contributed by atoms with Gasteiger partial charge in [-0.15, -0.1) is 0 Å². The zero-order chi connectivity index (χ0) is 18.4. The van der Waals surface area contributed by atoms with Crippen LogP contribution in [0.1, 0.15) is 0 Å². The van der Waals surface area contributed by atoms with Crippen molar-refractivity contribution >= 4 is 28.2 Å². The first-order valence-electron chi connectivity index (χ1n) is 7.75. The third-order valence-electron chi connectivity index (χ3n) is 2.42. The smallest absolute Gasteiger partial charge is 0.268 e. The van der Waals surface area contributed by atoms with Crippen LogP contribution in [0.3, 0.4) is 0 Å². The predicted molar refractivity (Wildman–Crippen MR) is 104 cm³/mol. The second-order valence-corrected chi connectivity index (χ2v) is 16.5. The standard InChI is InChI=1S/C17H27ClO4Si2/c1-19-17(22-24(5,6)7)12-16(21-23(2,3)4)13-20-15-10-8-14(18)9-11-15/h8-13H,1-7H3/b16-13-,17-12+. The fraction of sp³-hybridized carbons (Fsp3) is 0.412. The molecule has 0 amide bonds. The van der Waals surface area contributed by atoms with Crippen LogP contribution in [0.5, 0.6) is 5.75 Å². The summed E-state index contributed by atoms with van der Waals surface area (Å²) in [5.41, 5.74) is 0. The van der Waals surface area contributed by atoms with Crippen molar-refractivity contribution in [2.45, 2.75) is 39.3 Å². The Hall–Kier alpha value is -1.38. The minimum Gasteiger partial charge on any atom is -0.542 e. The number of ether oxygens (including phenoxy) is 2. The summed E-state index contributed by atoms with van der Waals surface area (Å²) in [4.78, 5) is 0. The van der Waals surface area contributed by atoms with Gasteiger partial charge in [0.15, 0.2) is 0 Å². The van der Waals surface area contributed by atoms with E-state index in [1.54, 1.807) is 43.7 Å². The van der Waals surface area contributed by atoms with Gasteiger partial charge in [0, 0.05) is 5.02 Å². The highest BCUT2D eigenvalue weighted by Crippen LogP contribution is 2.20. The number of halogens is 1. The van der Waals surface area contributed by atoms with Gasteiger partial charge in [0.25, 0.3) is 5.95 Å². The predicted octanol–water partition coefficient (Wildman–Crippen LogP) is 5.75. The summed E-state index contributed by atoms with van der Waals surface area (Å²) in [6.45, 7) is 12.6. The second-order valence-electron chi connectivity index (χ2n) is 7.19. The zero-order valence-electron chi connectivity index (χ0n) is 15.5. The van der Waals surface area contributed by atoms with E-state index in [2.05, 4.69) is 39.3 Å². The molecule has 7 heteroatoms. The maximum atomic E-state index is 6.06. The molecule has 0 radical (unpaired) electrons. The van der Waals surface area contributed by atoms with Crippen molar-refractivity contribution in [3.8, 4) is 5.75 Å². The molecule has 0 aliphatic heterocycles. The molecule has 1 aromatic rings. The Morgan fingerprint density at radius 3 is 1.92 bits per heavy atom. The van der Waals surface area contributed by atoms with Gasteiger partial charge >= 0.3 is 0 Å². The van der Waals surface area contributed by atoms with Crippen molar-refractivity contribution in [3.05, 3.63) is 53.3 Å². The van der Waals surface area contributed by atoms with Crippen molar-refractivity contribution in [1.29, 1.82) is 0 Å². The molecule has 0 aliphatic rings. The van der Waals surface area contributed by atoms with Crippen molar-refractivity contribution in [1.82, 2.24) is 0 Å². The van der Waals surface area contributed by atoms with E-state index < -0.39 is 16.6 Å². The van der Waals surface area contributed by atoms with Crippen LogP contribution >= 0.6 is 11.6 Å². The summed E-state index contributed by atoms with van der Waals surface area (Å²) in [5, 5.41) is 0.662. The molecule has 0 aliphatic carbocycles. The van der Waals surface area contributed by atoms with E-state index in [1.807, 2.05) is 0 Å². The Kier molecular flexibility index (Phi) is 7.44. The van der Waals surface area contributed by atoms with Gasteiger partial charge in [0.2, 0.25) is 16.6 Å². The lowest BCUT2D eigenvalue weighted by molar-refractivity contribution is 0.145. The van der Waals surface area contributed by atoms with Crippen LogP contribution in [0.2, 0.25) is 44.3 Å². The SMILES string of the molecule is CO/C(=C\C(=C\Oc1ccc(Cl)cc1)O[Si](C)(C)C)O[Si](C)(C)C. The lowest BCUT2D eigenvalue weighted by Gasteiger charge is -2.23. The number of benzene rings is 1. The topological polar surface area (TPSA) is 36.9 Å². The summed E-state index contributed by atoms with van der Waals surface area (Å²) < 4.78 is 23.0. The van der Waals surface area contributed by atoms with E-state index in [9.17, 15) is 0 Å². The van der Waals surface area contributed by atoms with Gasteiger partial charge in [-0.2, -0.15) is 0 Å². The van der Waals surface area contributed by atoms with Crippen LogP contribution in [0.4, 0.5) is 0 Å². The summed E-state index contributed by atoms with van der Waals surface area (Å²) in [6.07, 6.45) is 3.29. The molecule has 134 valence electrons. The molecule has 0 aromatic heterocycles. The Morgan fingerprint density at radius 2 is 1.46 bits per heavy atom. The highest BCUT2D eigenvalue weighted by atomic mass is 35.5. The number of hydrogen-bond acceptors (Lipinski definition) is 4. The van der Waals surface area contributed by atoms with Crippen molar-refractivity contribution in [2.24, 2.45) is 0 Å². The fourth-order valence-corrected chi connectivity index (χ4v) is 3.31. The normalized spacial score (nSPS) is 13.5. The Balaban J connectivity index is 3.01. The molecule has 0 spiro atoms. The number of hydrogen-bond donors (Lipinski definition) is 0. The van der Waals surface area contributed by atoms with Gasteiger partial charge in [-0.25, -0.2) is 0 Å². The third-order valence-corrected chi connectivity index (χ3v) is 4.33. The van der Waals surface area contributed by atoms with Gasteiger partial charge in [-0.3, -0.25) is 0 Å². The molecule has 0 atom stereocenters. The molecule has 1 rings (SSSR count). The molecule has 0 unspecified atom stereocenters. The second kappa shape index (κ2) is 8.64. The number of allylic oxidation sites excluding steroid dienone is 1. The van der Waals surface area contributed by atoms with Crippen molar-refractivity contribution in [3.63, 3.8) is 0 Å². The summed E-state index contributed by atoms with van der Waals surface area (Å²) in [7, 11) is -2.02. The molecule has 0 N–H and O–H groups in total. The van der Waals surface area contributed by atoms with Crippen LogP contribution in [0, 0.1) is 0 Å². The van der Waals surface area contributed by atoms with Gasteiger partial charge < -0.3 is 18.3 Å². The Morgan fingerprint density at radius 1 is 0.917 bits per heavy atom. The van der Waals surface area contributed by atoms with Crippen LogP contribution in [-0.4, -0.2) is 23.7 Å². The van der Waals surface area contributed by atoms with Crippen LogP contribution in [0.15, 0.2) is 48.3 Å². The minimum absolute atomic E-state index is 0.429. The fourth-order valence-electron chi connectivity index (χ4n) is 1.63. The average molecular weight is 387 g/mol. The van der Waals surface area contributed by atoms with Crippen LogP contribution < -0.4 is 4.74 Å². The Bertz CT molecular complexity index is 584. The van der Waals surface area contributed by atoms with Crippen molar-refractivity contribution in [2.75, 3.05) is 7.11 Å².